The molecule has 2 amide bonds. The molecule has 28 heavy (non-hydrogen) atoms. The zero-order chi connectivity index (χ0) is 20.0. The minimum atomic E-state index is -0.879. The van der Waals surface area contributed by atoms with Gasteiger partial charge in [-0.15, -0.1) is 0 Å². The van der Waals surface area contributed by atoms with Crippen LogP contribution in [-0.2, 0) is 14.4 Å². The molecular formula is C21H29N3O4. The minimum Gasteiger partial charge on any atom is -0.481 e. The molecule has 2 saturated heterocycles. The summed E-state index contributed by atoms with van der Waals surface area (Å²) in [6, 6.07) is 10.4. The molecule has 2 fully saturated rings. The number of hydrogen-bond donors (Lipinski definition) is 3. The number of carbonyl (C=O) groups excluding carboxylic acids is 2. The first-order chi connectivity index (χ1) is 13.5. The van der Waals surface area contributed by atoms with Crippen LogP contribution in [0.3, 0.4) is 0 Å². The normalized spacial score (nSPS) is 22.7. The highest BCUT2D eigenvalue weighted by Gasteiger charge is 2.38. The first-order valence-corrected chi connectivity index (χ1v) is 10.1. The lowest BCUT2D eigenvalue weighted by Crippen LogP contribution is -2.46. The van der Waals surface area contributed by atoms with Crippen molar-refractivity contribution in [1.29, 1.82) is 0 Å². The van der Waals surface area contributed by atoms with Gasteiger partial charge >= 0.3 is 5.97 Å². The van der Waals surface area contributed by atoms with Crippen LogP contribution in [0.25, 0.3) is 0 Å². The van der Waals surface area contributed by atoms with E-state index in [1.807, 2.05) is 18.2 Å². The number of anilines is 1. The van der Waals surface area contributed by atoms with Crippen molar-refractivity contribution in [3.05, 3.63) is 30.3 Å². The summed E-state index contributed by atoms with van der Waals surface area (Å²) in [5.41, 5.74) is 0.661. The molecule has 1 unspecified atom stereocenters. The molecule has 2 heterocycles. The van der Waals surface area contributed by atoms with Crippen LogP contribution in [0.2, 0.25) is 0 Å². The van der Waals surface area contributed by atoms with Crippen LogP contribution in [0.5, 0.6) is 0 Å². The summed E-state index contributed by atoms with van der Waals surface area (Å²) >= 11 is 0. The molecule has 7 heteroatoms. The zero-order valence-corrected chi connectivity index (χ0v) is 16.2. The van der Waals surface area contributed by atoms with Gasteiger partial charge in [-0.05, 0) is 44.2 Å². The van der Waals surface area contributed by atoms with Gasteiger partial charge in [0.2, 0.25) is 11.8 Å². The van der Waals surface area contributed by atoms with E-state index in [0.29, 0.717) is 32.1 Å². The molecule has 7 nitrogen and oxygen atoms in total. The van der Waals surface area contributed by atoms with E-state index in [-0.39, 0.29) is 24.3 Å². The fraction of sp³-hybridized carbons (Fsp3) is 0.571. The van der Waals surface area contributed by atoms with Gasteiger partial charge in [-0.3, -0.25) is 14.4 Å². The van der Waals surface area contributed by atoms with E-state index >= 15 is 0 Å². The Morgan fingerprint density at radius 2 is 1.82 bits per heavy atom. The molecule has 0 aliphatic carbocycles. The van der Waals surface area contributed by atoms with E-state index in [1.54, 1.807) is 0 Å². The van der Waals surface area contributed by atoms with E-state index in [1.165, 1.54) is 5.69 Å². The van der Waals surface area contributed by atoms with Crippen LogP contribution in [0, 0.1) is 0 Å². The van der Waals surface area contributed by atoms with Crippen molar-refractivity contribution < 1.29 is 19.5 Å². The molecule has 0 aromatic heterocycles. The van der Waals surface area contributed by atoms with Gasteiger partial charge in [0, 0.05) is 49.6 Å². The molecule has 2 aliphatic rings. The van der Waals surface area contributed by atoms with Gasteiger partial charge in [0.15, 0.2) is 0 Å². The number of para-hydroxylation sites is 1. The highest BCUT2D eigenvalue weighted by Crippen LogP contribution is 2.30. The highest BCUT2D eigenvalue weighted by molar-refractivity contribution is 5.80. The van der Waals surface area contributed by atoms with Crippen molar-refractivity contribution >= 4 is 23.5 Å². The van der Waals surface area contributed by atoms with Crippen molar-refractivity contribution in [2.45, 2.75) is 62.9 Å². The summed E-state index contributed by atoms with van der Waals surface area (Å²) in [5, 5.41) is 15.0. The average molecular weight is 387 g/mol. The lowest BCUT2D eigenvalue weighted by atomic mass is 9.86. The SMILES string of the molecule is O=C(O)CCC1(CCC(=O)NC2CCN(c3ccccc3)CC2)CCC(=O)N1. The number of piperidine rings is 1. The van der Waals surface area contributed by atoms with E-state index in [4.69, 9.17) is 5.11 Å². The van der Waals surface area contributed by atoms with Gasteiger partial charge in [0.25, 0.3) is 0 Å². The molecule has 0 spiro atoms. The predicted octanol–water partition coefficient (Wildman–Crippen LogP) is 2.07. The standard InChI is InChI=1S/C21H29N3O4/c25-18(6-11-21(13-8-20(27)28)12-7-19(26)23-21)22-16-9-14-24(15-10-16)17-4-2-1-3-5-17/h1-5,16H,6-15H2,(H,22,25)(H,23,26)(H,27,28). The Morgan fingerprint density at radius 3 is 2.43 bits per heavy atom. The van der Waals surface area contributed by atoms with E-state index in [2.05, 4.69) is 27.7 Å². The molecule has 1 atom stereocenters. The molecule has 152 valence electrons. The molecule has 0 saturated carbocycles. The van der Waals surface area contributed by atoms with Gasteiger partial charge in [0.05, 0.1) is 0 Å². The second-order valence-electron chi connectivity index (χ2n) is 7.89. The summed E-state index contributed by atoms with van der Waals surface area (Å²) in [6.07, 6.45) is 3.97. The van der Waals surface area contributed by atoms with Crippen LogP contribution in [-0.4, -0.2) is 47.6 Å². The summed E-state index contributed by atoms with van der Waals surface area (Å²) in [5.74, 6) is -0.955. The largest absolute Gasteiger partial charge is 0.481 e. The molecule has 3 N–H and O–H groups in total. The number of aliphatic carboxylic acids is 1. The fourth-order valence-corrected chi connectivity index (χ4v) is 4.19. The maximum atomic E-state index is 12.4. The Hall–Kier alpha value is -2.57. The summed E-state index contributed by atoms with van der Waals surface area (Å²) in [4.78, 5) is 37.3. The Morgan fingerprint density at radius 1 is 1.14 bits per heavy atom. The fourth-order valence-electron chi connectivity index (χ4n) is 4.19. The number of rotatable bonds is 8. The quantitative estimate of drug-likeness (QED) is 0.634. The van der Waals surface area contributed by atoms with Crippen LogP contribution in [0.4, 0.5) is 5.69 Å². The third kappa shape index (κ3) is 5.47. The Kier molecular flexibility index (Phi) is 6.54. The van der Waals surface area contributed by atoms with Crippen LogP contribution >= 0.6 is 0 Å². The monoisotopic (exact) mass is 387 g/mol. The first-order valence-electron chi connectivity index (χ1n) is 10.1. The summed E-state index contributed by atoms with van der Waals surface area (Å²) < 4.78 is 0. The number of carbonyl (C=O) groups is 3. The highest BCUT2D eigenvalue weighted by atomic mass is 16.4. The summed E-state index contributed by atoms with van der Waals surface area (Å²) in [7, 11) is 0. The van der Waals surface area contributed by atoms with Crippen molar-refractivity contribution in [2.75, 3.05) is 18.0 Å². The third-order valence-electron chi connectivity index (χ3n) is 5.86. The molecule has 0 radical (unpaired) electrons. The van der Waals surface area contributed by atoms with Crippen molar-refractivity contribution in [1.82, 2.24) is 10.6 Å². The van der Waals surface area contributed by atoms with E-state index in [0.717, 1.165) is 25.9 Å². The Balaban J connectivity index is 1.44. The zero-order valence-electron chi connectivity index (χ0n) is 16.2. The van der Waals surface area contributed by atoms with Gasteiger partial charge in [-0.2, -0.15) is 0 Å². The van der Waals surface area contributed by atoms with Gasteiger partial charge in [-0.25, -0.2) is 0 Å². The van der Waals surface area contributed by atoms with Crippen molar-refractivity contribution in [3.8, 4) is 0 Å². The minimum absolute atomic E-state index is 0.000154. The second-order valence-corrected chi connectivity index (χ2v) is 7.89. The topological polar surface area (TPSA) is 98.7 Å². The molecular weight excluding hydrogens is 358 g/mol. The van der Waals surface area contributed by atoms with Gasteiger partial charge < -0.3 is 20.6 Å². The number of nitrogens with one attached hydrogen (secondary N) is 2. The number of amides is 2. The number of carboxylic acids is 1. The smallest absolute Gasteiger partial charge is 0.303 e. The molecule has 1 aromatic carbocycles. The van der Waals surface area contributed by atoms with Crippen LogP contribution in [0.15, 0.2) is 30.3 Å². The lowest BCUT2D eigenvalue weighted by Gasteiger charge is -2.34. The van der Waals surface area contributed by atoms with Gasteiger partial charge in [-0.1, -0.05) is 18.2 Å². The number of hydrogen-bond acceptors (Lipinski definition) is 4. The third-order valence-corrected chi connectivity index (χ3v) is 5.86. The molecule has 3 rings (SSSR count). The number of nitrogens with zero attached hydrogens (tertiary/aromatic N) is 1. The first kappa shape index (κ1) is 20.2. The number of benzene rings is 1. The molecule has 2 aliphatic heterocycles. The van der Waals surface area contributed by atoms with Crippen LogP contribution < -0.4 is 15.5 Å². The van der Waals surface area contributed by atoms with Crippen molar-refractivity contribution in [2.24, 2.45) is 0 Å². The van der Waals surface area contributed by atoms with Gasteiger partial charge in [0.1, 0.15) is 0 Å². The summed E-state index contributed by atoms with van der Waals surface area (Å²) in [6.45, 7) is 1.82. The van der Waals surface area contributed by atoms with E-state index < -0.39 is 11.5 Å². The van der Waals surface area contributed by atoms with E-state index in [9.17, 15) is 14.4 Å². The Labute approximate surface area is 165 Å². The Bertz CT molecular complexity index is 701. The second kappa shape index (κ2) is 9.08. The maximum absolute atomic E-state index is 12.4. The average Bonchev–Trinajstić information content (AvgIpc) is 3.08. The molecule has 0 bridgehead atoms. The van der Waals surface area contributed by atoms with Crippen molar-refractivity contribution in [3.63, 3.8) is 0 Å². The van der Waals surface area contributed by atoms with Crippen LogP contribution in [0.1, 0.15) is 51.4 Å². The predicted molar refractivity (Wildman–Crippen MR) is 106 cm³/mol. The maximum Gasteiger partial charge on any atom is 0.303 e. The lowest BCUT2D eigenvalue weighted by molar-refractivity contribution is -0.137. The number of carboxylic acid groups (broad SMARTS) is 1. The molecule has 1 aromatic rings.